The maximum atomic E-state index is 13.6. The van der Waals surface area contributed by atoms with Crippen molar-refractivity contribution < 1.29 is 36.8 Å². The van der Waals surface area contributed by atoms with Gasteiger partial charge in [-0.3, -0.25) is 9.59 Å². The number of carbonyl (C=O) groups excluding carboxylic acids is 2. The first-order chi connectivity index (χ1) is 17.5. The Bertz CT molecular complexity index is 980. The van der Waals surface area contributed by atoms with E-state index in [1.807, 2.05) is 19.6 Å². The van der Waals surface area contributed by atoms with E-state index in [9.17, 15) is 9.59 Å². The Morgan fingerprint density at radius 1 is 0.692 bits per heavy atom. The summed E-state index contributed by atoms with van der Waals surface area (Å²) in [6, 6.07) is 6.99. The molecule has 1 aliphatic heterocycles. The molecule has 1 aliphatic rings. The van der Waals surface area contributed by atoms with Crippen LogP contribution >= 0.6 is 0 Å². The molecule has 222 valence electrons. The Labute approximate surface area is 238 Å². The first-order valence-corrected chi connectivity index (χ1v) is 27.1. The summed E-state index contributed by atoms with van der Waals surface area (Å²) in [6.45, 7) is 26.2. The molecule has 0 saturated carbocycles. The Morgan fingerprint density at radius 3 is 1.59 bits per heavy atom. The van der Waals surface area contributed by atoms with Gasteiger partial charge in [0.05, 0.1) is 0 Å². The molecule has 1 saturated heterocycles. The normalized spacial score (nSPS) is 24.7. The second kappa shape index (κ2) is 12.7. The van der Waals surface area contributed by atoms with Gasteiger partial charge >= 0.3 is 5.97 Å². The maximum Gasteiger partial charge on any atom is 0.324 e. The number of hydrogen-bond acceptors (Lipinski definition) is 8. The number of benzene rings is 1. The van der Waals surface area contributed by atoms with Crippen LogP contribution in [0.1, 0.15) is 6.92 Å². The number of nitrogens with one attached hydrogen (secondary N) is 1. The third-order valence-corrected chi connectivity index (χ3v) is 8.78. The molecule has 1 N–H and O–H groups in total. The molecule has 0 radical (unpaired) electrons. The molecule has 1 aromatic rings. The van der Waals surface area contributed by atoms with Gasteiger partial charge in [0.15, 0.2) is 31.1 Å². The lowest BCUT2D eigenvalue weighted by molar-refractivity contribution is -0.260. The van der Waals surface area contributed by atoms with Gasteiger partial charge in [0.2, 0.25) is 20.5 Å². The van der Waals surface area contributed by atoms with E-state index in [1.54, 1.807) is 24.3 Å². The highest BCUT2D eigenvalue weighted by atomic mass is 28.4. The van der Waals surface area contributed by atoms with E-state index in [0.29, 0.717) is 11.4 Å². The Kier molecular flexibility index (Phi) is 11.0. The number of rotatable bonds is 11. The summed E-state index contributed by atoms with van der Waals surface area (Å²) < 4.78 is 38.8. The summed E-state index contributed by atoms with van der Waals surface area (Å²) in [6.07, 6.45) is -3.96. The Morgan fingerprint density at radius 2 is 1.15 bits per heavy atom. The van der Waals surface area contributed by atoms with E-state index >= 15 is 0 Å². The average Bonchev–Trinajstić information content (AvgIpc) is 2.69. The van der Waals surface area contributed by atoms with Crippen molar-refractivity contribution in [2.75, 3.05) is 5.32 Å². The number of anilines is 1. The molecule has 2 rings (SSSR count). The van der Waals surface area contributed by atoms with Gasteiger partial charge in [-0.05, 0) is 103 Å². The van der Waals surface area contributed by atoms with Gasteiger partial charge in [-0.2, -0.15) is 0 Å². The average molecular weight is 616 g/mol. The standard InChI is InChI=1S/C26H49NO8Si4/c1-18(28)27-19-14-16-20(17-15-19)30-26-24(34-38(8,9)10)22(33-37(5,6)7)21(32-36(2,3)4)23(31-26)25(29)35-39(11,12)13/h14-17,21-24,26H,1-13H3,(H,27,28)/t21-,22-,23-,24+,26+/m0/s1. The molecule has 1 aromatic carbocycles. The third kappa shape index (κ3) is 12.0. The molecule has 0 bridgehead atoms. The second-order valence-corrected chi connectivity index (χ2v) is 31.7. The monoisotopic (exact) mass is 615 g/mol. The Hall–Kier alpha value is -1.33. The highest BCUT2D eigenvalue weighted by Crippen LogP contribution is 2.35. The molecule has 9 nitrogen and oxygen atoms in total. The van der Waals surface area contributed by atoms with Gasteiger partial charge in [-0.25, -0.2) is 0 Å². The zero-order valence-corrected chi connectivity index (χ0v) is 30.0. The molecule has 39 heavy (non-hydrogen) atoms. The van der Waals surface area contributed by atoms with Crippen LogP contribution in [0.2, 0.25) is 78.6 Å². The van der Waals surface area contributed by atoms with E-state index in [1.165, 1.54) is 6.92 Å². The van der Waals surface area contributed by atoms with Crippen molar-refractivity contribution in [1.29, 1.82) is 0 Å². The number of amides is 1. The fraction of sp³-hybridized carbons (Fsp3) is 0.692. The summed E-state index contributed by atoms with van der Waals surface area (Å²) in [4.78, 5) is 25.0. The van der Waals surface area contributed by atoms with Gasteiger partial charge in [-0.15, -0.1) is 0 Å². The zero-order valence-electron chi connectivity index (χ0n) is 26.0. The van der Waals surface area contributed by atoms with Crippen molar-refractivity contribution in [3.05, 3.63) is 24.3 Å². The first kappa shape index (κ1) is 33.9. The van der Waals surface area contributed by atoms with Gasteiger partial charge < -0.3 is 32.5 Å². The largest absolute Gasteiger partial charge is 0.518 e. The smallest absolute Gasteiger partial charge is 0.324 e. The summed E-state index contributed by atoms with van der Waals surface area (Å²) >= 11 is 0. The molecule has 1 heterocycles. The van der Waals surface area contributed by atoms with Gasteiger partial charge in [-0.1, -0.05) is 0 Å². The summed E-state index contributed by atoms with van der Waals surface area (Å²) in [5.41, 5.74) is 0.648. The topological polar surface area (TPSA) is 102 Å². The van der Waals surface area contributed by atoms with E-state index in [-0.39, 0.29) is 5.91 Å². The summed E-state index contributed by atoms with van der Waals surface area (Å²) in [5.74, 6) is -0.124. The zero-order chi connectivity index (χ0) is 30.0. The van der Waals surface area contributed by atoms with Crippen LogP contribution in [0.3, 0.4) is 0 Å². The van der Waals surface area contributed by atoms with Crippen LogP contribution in [-0.2, 0) is 32.0 Å². The van der Waals surface area contributed by atoms with Crippen LogP contribution in [0.15, 0.2) is 24.3 Å². The molecule has 13 heteroatoms. The molecule has 0 unspecified atom stereocenters. The van der Waals surface area contributed by atoms with Crippen molar-refractivity contribution in [3.8, 4) is 5.75 Å². The summed E-state index contributed by atoms with van der Waals surface area (Å²) in [7, 11) is -8.72. The lowest BCUT2D eigenvalue weighted by atomic mass is 9.99. The van der Waals surface area contributed by atoms with Crippen molar-refractivity contribution in [3.63, 3.8) is 0 Å². The van der Waals surface area contributed by atoms with Crippen molar-refractivity contribution in [2.45, 2.75) is 116 Å². The van der Waals surface area contributed by atoms with Crippen LogP contribution in [-0.4, -0.2) is 75.9 Å². The number of carbonyl (C=O) groups is 2. The van der Waals surface area contributed by atoms with Crippen LogP contribution in [0.5, 0.6) is 5.75 Å². The van der Waals surface area contributed by atoms with Gasteiger partial charge in [0, 0.05) is 12.6 Å². The maximum absolute atomic E-state index is 13.6. The van der Waals surface area contributed by atoms with E-state index in [4.69, 9.17) is 27.2 Å². The highest BCUT2D eigenvalue weighted by Gasteiger charge is 2.55. The van der Waals surface area contributed by atoms with E-state index in [0.717, 1.165) is 0 Å². The van der Waals surface area contributed by atoms with Crippen LogP contribution in [0, 0.1) is 0 Å². The fourth-order valence-corrected chi connectivity index (χ4v) is 7.96. The molecule has 0 aliphatic carbocycles. The van der Waals surface area contributed by atoms with Gasteiger partial charge in [0.25, 0.3) is 0 Å². The molecule has 1 fully saturated rings. The SMILES string of the molecule is CC(=O)Nc1ccc(O[C@@H]2O[C@H](C(=O)O[Si](C)(C)C)[C@@H](O[Si](C)(C)C)[C@H](O[Si](C)(C)C)[C@H]2O[Si](C)(C)C)cc1. The molecule has 0 aromatic heterocycles. The molecule has 5 atom stereocenters. The lowest BCUT2D eigenvalue weighted by Gasteiger charge is -2.49. The highest BCUT2D eigenvalue weighted by molar-refractivity contribution is 6.71. The van der Waals surface area contributed by atoms with E-state index in [2.05, 4.69) is 64.2 Å². The van der Waals surface area contributed by atoms with Gasteiger partial charge in [0.1, 0.15) is 24.1 Å². The van der Waals surface area contributed by atoms with Crippen molar-refractivity contribution in [2.24, 2.45) is 0 Å². The Balaban J connectivity index is 2.59. The molecule has 0 spiro atoms. The quantitative estimate of drug-likeness (QED) is 0.312. The minimum atomic E-state index is -2.24. The van der Waals surface area contributed by atoms with E-state index < -0.39 is 69.9 Å². The lowest BCUT2D eigenvalue weighted by Crippen LogP contribution is -2.68. The molecule has 1 amide bonds. The van der Waals surface area contributed by atoms with Crippen LogP contribution in [0.4, 0.5) is 5.69 Å². The third-order valence-electron chi connectivity index (χ3n) is 5.03. The van der Waals surface area contributed by atoms with Crippen LogP contribution in [0.25, 0.3) is 0 Å². The first-order valence-electron chi connectivity index (χ1n) is 13.5. The molecular weight excluding hydrogens is 567 g/mol. The fourth-order valence-electron chi connectivity index (χ4n) is 4.02. The molecular formula is C26H49NO8Si4. The predicted octanol–water partition coefficient (Wildman–Crippen LogP) is 5.79. The van der Waals surface area contributed by atoms with Crippen molar-refractivity contribution in [1.82, 2.24) is 0 Å². The van der Waals surface area contributed by atoms with Crippen LogP contribution < -0.4 is 10.1 Å². The summed E-state index contributed by atoms with van der Waals surface area (Å²) in [5, 5.41) is 2.75. The second-order valence-electron chi connectivity index (χ2n) is 13.9. The predicted molar refractivity (Wildman–Crippen MR) is 164 cm³/mol. The minimum Gasteiger partial charge on any atom is -0.518 e. The minimum absolute atomic E-state index is 0.161. The number of hydrogen-bond donors (Lipinski definition) is 1. The van der Waals surface area contributed by atoms with Crippen molar-refractivity contribution >= 4 is 50.8 Å². The number of ether oxygens (including phenoxy) is 2.